The van der Waals surface area contributed by atoms with Crippen molar-refractivity contribution >= 4 is 31.9 Å². The molecule has 0 aromatic heterocycles. The second-order valence-electron chi connectivity index (χ2n) is 4.63. The van der Waals surface area contributed by atoms with Crippen LogP contribution in [0.2, 0.25) is 0 Å². The lowest BCUT2D eigenvalue weighted by atomic mass is 10.1. The normalized spacial score (nSPS) is 11.7. The van der Waals surface area contributed by atoms with Gasteiger partial charge in [0.1, 0.15) is 5.82 Å². The first kappa shape index (κ1) is 17.1. The zero-order chi connectivity index (χ0) is 15.5. The molecule has 0 fully saturated rings. The molecule has 8 heteroatoms. The molecule has 0 unspecified atom stereocenters. The standard InChI is InChI=1S/C12H15BrFNO4S/c1-7(2)3-4-19-12(16)9-5-8(14)6-10(11(9)13)20(15,17)18/h5-7H,3-4H2,1-2H3,(H2,15,17,18). The Bertz CT molecular complexity index is 616. The molecule has 1 aromatic rings. The van der Waals surface area contributed by atoms with Crippen molar-refractivity contribution in [3.8, 4) is 0 Å². The summed E-state index contributed by atoms with van der Waals surface area (Å²) < 4.78 is 40.9. The third kappa shape index (κ3) is 4.53. The van der Waals surface area contributed by atoms with Crippen LogP contribution in [0.3, 0.4) is 0 Å². The molecular formula is C12H15BrFNO4S. The molecule has 0 aliphatic carbocycles. The quantitative estimate of drug-likeness (QED) is 0.809. The summed E-state index contributed by atoms with van der Waals surface area (Å²) in [6, 6.07) is 1.64. The molecule has 1 aromatic carbocycles. The third-order valence-corrected chi connectivity index (χ3v) is 4.51. The van der Waals surface area contributed by atoms with Crippen molar-refractivity contribution in [3.05, 3.63) is 28.0 Å². The fourth-order valence-electron chi connectivity index (χ4n) is 1.38. The number of esters is 1. The van der Waals surface area contributed by atoms with Crippen molar-refractivity contribution in [2.24, 2.45) is 11.1 Å². The minimum Gasteiger partial charge on any atom is -0.462 e. The number of ether oxygens (including phenoxy) is 1. The summed E-state index contributed by atoms with van der Waals surface area (Å²) in [5, 5.41) is 4.96. The number of sulfonamides is 1. The van der Waals surface area contributed by atoms with Crippen LogP contribution in [0, 0.1) is 11.7 Å². The van der Waals surface area contributed by atoms with Gasteiger partial charge in [-0.2, -0.15) is 0 Å². The lowest BCUT2D eigenvalue weighted by molar-refractivity contribution is 0.0486. The van der Waals surface area contributed by atoms with E-state index in [0.717, 1.165) is 12.1 Å². The number of benzene rings is 1. The molecule has 20 heavy (non-hydrogen) atoms. The van der Waals surface area contributed by atoms with Crippen LogP contribution in [0.4, 0.5) is 4.39 Å². The van der Waals surface area contributed by atoms with E-state index < -0.39 is 26.7 Å². The van der Waals surface area contributed by atoms with Gasteiger partial charge in [0.2, 0.25) is 10.0 Å². The maximum atomic E-state index is 13.4. The number of halogens is 2. The van der Waals surface area contributed by atoms with Crippen LogP contribution < -0.4 is 5.14 Å². The van der Waals surface area contributed by atoms with E-state index in [9.17, 15) is 17.6 Å². The van der Waals surface area contributed by atoms with Gasteiger partial charge in [-0.05, 0) is 40.4 Å². The lowest BCUT2D eigenvalue weighted by Gasteiger charge is -2.10. The summed E-state index contributed by atoms with van der Waals surface area (Å²) in [5.41, 5.74) is -0.210. The topological polar surface area (TPSA) is 86.5 Å². The Morgan fingerprint density at radius 2 is 2.05 bits per heavy atom. The Morgan fingerprint density at radius 1 is 1.45 bits per heavy atom. The molecule has 0 saturated carbocycles. The highest BCUT2D eigenvalue weighted by molar-refractivity contribution is 9.10. The minimum atomic E-state index is -4.14. The van der Waals surface area contributed by atoms with E-state index in [1.54, 1.807) is 0 Å². The Labute approximate surface area is 125 Å². The second-order valence-corrected chi connectivity index (χ2v) is 6.95. The summed E-state index contributed by atoms with van der Waals surface area (Å²) in [7, 11) is -4.14. The van der Waals surface area contributed by atoms with Crippen LogP contribution in [0.1, 0.15) is 30.6 Å². The highest BCUT2D eigenvalue weighted by atomic mass is 79.9. The Morgan fingerprint density at radius 3 is 2.55 bits per heavy atom. The monoisotopic (exact) mass is 367 g/mol. The van der Waals surface area contributed by atoms with E-state index in [4.69, 9.17) is 9.88 Å². The van der Waals surface area contributed by atoms with Crippen molar-refractivity contribution in [1.82, 2.24) is 0 Å². The average Bonchev–Trinajstić information content (AvgIpc) is 2.29. The van der Waals surface area contributed by atoms with Crippen LogP contribution in [0.5, 0.6) is 0 Å². The number of rotatable bonds is 5. The molecule has 112 valence electrons. The molecule has 0 heterocycles. The SMILES string of the molecule is CC(C)CCOC(=O)c1cc(F)cc(S(N)(=O)=O)c1Br. The summed E-state index contributed by atoms with van der Waals surface area (Å²) in [6.07, 6.45) is 0.653. The van der Waals surface area contributed by atoms with Gasteiger partial charge in [0.05, 0.1) is 21.5 Å². The zero-order valence-electron chi connectivity index (χ0n) is 11.0. The number of carbonyl (C=O) groups excluding carboxylic acids is 1. The van der Waals surface area contributed by atoms with Crippen molar-refractivity contribution in [2.45, 2.75) is 25.2 Å². The lowest BCUT2D eigenvalue weighted by Crippen LogP contribution is -2.16. The van der Waals surface area contributed by atoms with Crippen LogP contribution in [-0.4, -0.2) is 21.0 Å². The van der Waals surface area contributed by atoms with Gasteiger partial charge in [-0.3, -0.25) is 0 Å². The highest BCUT2D eigenvalue weighted by Gasteiger charge is 2.22. The number of hydrogen-bond donors (Lipinski definition) is 1. The molecule has 5 nitrogen and oxygen atoms in total. The minimum absolute atomic E-state index is 0.101. The maximum absolute atomic E-state index is 13.4. The van der Waals surface area contributed by atoms with Crippen molar-refractivity contribution in [2.75, 3.05) is 6.61 Å². The van der Waals surface area contributed by atoms with Crippen LogP contribution in [-0.2, 0) is 14.8 Å². The molecule has 0 saturated heterocycles. The van der Waals surface area contributed by atoms with Gasteiger partial charge in [0.25, 0.3) is 0 Å². The molecule has 0 radical (unpaired) electrons. The van der Waals surface area contributed by atoms with Crippen molar-refractivity contribution in [3.63, 3.8) is 0 Å². The fourth-order valence-corrected chi connectivity index (χ4v) is 3.09. The number of hydrogen-bond acceptors (Lipinski definition) is 4. The van der Waals surface area contributed by atoms with Gasteiger partial charge >= 0.3 is 5.97 Å². The average molecular weight is 368 g/mol. The van der Waals surface area contributed by atoms with Gasteiger partial charge in [-0.1, -0.05) is 13.8 Å². The van der Waals surface area contributed by atoms with Gasteiger partial charge in [-0.15, -0.1) is 0 Å². The first-order valence-corrected chi connectivity index (χ1v) is 8.16. The summed E-state index contributed by atoms with van der Waals surface area (Å²) in [5.74, 6) is -1.34. The number of carbonyl (C=O) groups is 1. The van der Waals surface area contributed by atoms with E-state index in [-0.39, 0.29) is 16.6 Å². The molecule has 1 rings (SSSR count). The van der Waals surface area contributed by atoms with Gasteiger partial charge < -0.3 is 4.74 Å². The third-order valence-electron chi connectivity index (χ3n) is 2.46. The summed E-state index contributed by atoms with van der Waals surface area (Å²) in [4.78, 5) is 11.3. The van der Waals surface area contributed by atoms with Gasteiger partial charge in [-0.25, -0.2) is 22.7 Å². The molecule has 0 bridgehead atoms. The molecule has 0 spiro atoms. The van der Waals surface area contributed by atoms with Crippen molar-refractivity contribution < 1.29 is 22.3 Å². The zero-order valence-corrected chi connectivity index (χ0v) is 13.4. The fraction of sp³-hybridized carbons (Fsp3) is 0.417. The van der Waals surface area contributed by atoms with Crippen LogP contribution in [0.15, 0.2) is 21.5 Å². The Balaban J connectivity index is 3.07. The van der Waals surface area contributed by atoms with Crippen molar-refractivity contribution in [1.29, 1.82) is 0 Å². The molecule has 2 N–H and O–H groups in total. The molecular weight excluding hydrogens is 353 g/mol. The molecule has 0 atom stereocenters. The molecule has 0 aliphatic heterocycles. The molecule has 0 aliphatic rings. The maximum Gasteiger partial charge on any atom is 0.339 e. The van der Waals surface area contributed by atoms with E-state index >= 15 is 0 Å². The van der Waals surface area contributed by atoms with E-state index in [0.29, 0.717) is 12.3 Å². The Kier molecular flexibility index (Phi) is 5.67. The largest absolute Gasteiger partial charge is 0.462 e. The molecule has 0 amide bonds. The smallest absolute Gasteiger partial charge is 0.339 e. The first-order chi connectivity index (χ1) is 9.12. The van der Waals surface area contributed by atoms with Gasteiger partial charge in [0, 0.05) is 0 Å². The highest BCUT2D eigenvalue weighted by Crippen LogP contribution is 2.27. The predicted octanol–water partition coefficient (Wildman–Crippen LogP) is 2.44. The Hall–Kier alpha value is -0.990. The summed E-state index contributed by atoms with van der Waals surface area (Å²) in [6.45, 7) is 4.10. The number of primary sulfonamides is 1. The van der Waals surface area contributed by atoms with Crippen LogP contribution >= 0.6 is 15.9 Å². The van der Waals surface area contributed by atoms with Crippen LogP contribution in [0.25, 0.3) is 0 Å². The second kappa shape index (κ2) is 6.64. The van der Waals surface area contributed by atoms with E-state index in [1.165, 1.54) is 0 Å². The van der Waals surface area contributed by atoms with Gasteiger partial charge in [0.15, 0.2) is 0 Å². The van der Waals surface area contributed by atoms with E-state index in [2.05, 4.69) is 15.9 Å². The van der Waals surface area contributed by atoms with E-state index in [1.807, 2.05) is 13.8 Å². The predicted molar refractivity (Wildman–Crippen MR) is 75.2 cm³/mol. The number of nitrogens with two attached hydrogens (primary N) is 1. The first-order valence-electron chi connectivity index (χ1n) is 5.82. The summed E-state index contributed by atoms with van der Waals surface area (Å²) >= 11 is 2.95.